The van der Waals surface area contributed by atoms with Crippen LogP contribution < -0.4 is 24.3 Å². The normalized spacial score (nSPS) is 17.5. The van der Waals surface area contributed by atoms with Crippen LogP contribution in [-0.2, 0) is 0 Å². The summed E-state index contributed by atoms with van der Waals surface area (Å²) in [5.74, 6) is 3.40. The number of methoxy groups -OCH3 is 3. The summed E-state index contributed by atoms with van der Waals surface area (Å²) in [7, 11) is 4.90. The Labute approximate surface area is 229 Å². The van der Waals surface area contributed by atoms with Gasteiger partial charge in [0.25, 0.3) is 0 Å². The molecule has 0 spiro atoms. The zero-order chi connectivity index (χ0) is 26.4. The van der Waals surface area contributed by atoms with Gasteiger partial charge in [0.15, 0.2) is 11.5 Å². The van der Waals surface area contributed by atoms with Crippen molar-refractivity contribution in [2.75, 3.05) is 32.9 Å². The number of aromatic nitrogens is 3. The molecule has 10 heteroatoms. The van der Waals surface area contributed by atoms with Gasteiger partial charge in [-0.1, -0.05) is 41.6 Å². The van der Waals surface area contributed by atoms with Crippen LogP contribution in [0.25, 0.3) is 5.70 Å². The first-order valence-corrected chi connectivity index (χ1v) is 13.5. The van der Waals surface area contributed by atoms with Crippen LogP contribution in [0, 0.1) is 0 Å². The minimum atomic E-state index is -0.465. The second-order valence-corrected chi connectivity index (χ2v) is 9.96. The topological polar surface area (TPSA) is 79.7 Å². The van der Waals surface area contributed by atoms with Crippen LogP contribution in [0.4, 0.5) is 5.95 Å². The molecule has 0 saturated heterocycles. The molecule has 0 aliphatic carbocycles. The first-order valence-electron chi connectivity index (χ1n) is 11.9. The third-order valence-electron chi connectivity index (χ3n) is 6.74. The van der Waals surface area contributed by atoms with Gasteiger partial charge in [-0.05, 0) is 54.3 Å². The maximum atomic E-state index is 6.72. The van der Waals surface area contributed by atoms with Crippen LogP contribution in [-0.4, -0.2) is 42.3 Å². The van der Waals surface area contributed by atoms with Crippen molar-refractivity contribution in [2.24, 2.45) is 0 Å². The summed E-state index contributed by atoms with van der Waals surface area (Å²) in [6.45, 7) is 0. The monoisotopic (exact) mass is 548 g/mol. The molecule has 0 radical (unpaired) electrons. The molecule has 2 atom stereocenters. The molecule has 1 aromatic heterocycles. The molecule has 0 saturated carbocycles. The van der Waals surface area contributed by atoms with E-state index in [1.807, 2.05) is 71.6 Å². The number of anilines is 1. The van der Waals surface area contributed by atoms with Gasteiger partial charge in [0.2, 0.25) is 11.1 Å². The van der Waals surface area contributed by atoms with Crippen LogP contribution in [0.15, 0.2) is 71.4 Å². The van der Waals surface area contributed by atoms with E-state index in [0.29, 0.717) is 33.4 Å². The fraction of sp³-hybridized carbons (Fsp3) is 0.214. The number of halogens is 1. The van der Waals surface area contributed by atoms with Gasteiger partial charge in [-0.3, -0.25) is 0 Å². The second kappa shape index (κ2) is 9.81. The van der Waals surface area contributed by atoms with Gasteiger partial charge >= 0.3 is 0 Å². The summed E-state index contributed by atoms with van der Waals surface area (Å²) < 4.78 is 25.2. The molecule has 6 rings (SSSR count). The summed E-state index contributed by atoms with van der Waals surface area (Å²) >= 11 is 7.95. The molecule has 4 aromatic rings. The van der Waals surface area contributed by atoms with Crippen molar-refractivity contribution in [1.82, 2.24) is 14.8 Å². The highest BCUT2D eigenvalue weighted by Crippen LogP contribution is 2.52. The summed E-state index contributed by atoms with van der Waals surface area (Å²) in [4.78, 5) is 4.75. The van der Waals surface area contributed by atoms with Gasteiger partial charge in [0, 0.05) is 21.7 Å². The Bertz CT molecular complexity index is 1550. The minimum absolute atomic E-state index is 0.314. The van der Waals surface area contributed by atoms with Crippen LogP contribution >= 0.6 is 23.4 Å². The third kappa shape index (κ3) is 4.02. The Kier molecular flexibility index (Phi) is 6.33. The maximum absolute atomic E-state index is 6.72. The molecular formula is C28H25ClN4O4S. The number of benzene rings is 3. The Morgan fingerprint density at radius 3 is 2.39 bits per heavy atom. The van der Waals surface area contributed by atoms with Gasteiger partial charge in [0.1, 0.15) is 23.6 Å². The predicted octanol–water partition coefficient (Wildman–Crippen LogP) is 6.24. The minimum Gasteiger partial charge on any atom is -0.497 e. The van der Waals surface area contributed by atoms with E-state index in [1.165, 1.54) is 11.8 Å². The Morgan fingerprint density at radius 1 is 0.921 bits per heavy atom. The highest BCUT2D eigenvalue weighted by molar-refractivity contribution is 7.98. The zero-order valence-corrected chi connectivity index (χ0v) is 22.8. The highest BCUT2D eigenvalue weighted by atomic mass is 35.5. The SMILES string of the molecule is COc1ccc([C@@H]2C3=C(Nc4nc(SC)nn42)c2cc(Cl)ccc2O[C@H]3c2ccc(OC)c(OC)c2)cc1. The number of hydrogen-bond acceptors (Lipinski definition) is 8. The average molecular weight is 549 g/mol. The fourth-order valence-electron chi connectivity index (χ4n) is 4.97. The highest BCUT2D eigenvalue weighted by Gasteiger charge is 2.41. The van der Waals surface area contributed by atoms with Gasteiger partial charge in [-0.2, -0.15) is 4.98 Å². The smallest absolute Gasteiger partial charge is 0.227 e. The number of fused-ring (bicyclic) bond motifs is 3. The number of thioether (sulfide) groups is 1. The molecular weight excluding hydrogens is 524 g/mol. The molecule has 3 aromatic carbocycles. The second-order valence-electron chi connectivity index (χ2n) is 8.75. The standard InChI is InChI=1S/C28H25ClN4O4S/c1-34-18-9-5-15(6-10-18)25-23-24(30-27-31-28(38-4)32-33(25)27)19-14-17(29)8-12-20(19)37-26(23)16-7-11-21(35-2)22(13-16)36-3/h5-14,25-26H,1-4H3,(H,30,31,32)/t25-,26+/m1/s1. The molecule has 0 amide bonds. The zero-order valence-electron chi connectivity index (χ0n) is 21.2. The van der Waals surface area contributed by atoms with E-state index in [1.54, 1.807) is 21.3 Å². The van der Waals surface area contributed by atoms with E-state index < -0.39 is 6.10 Å². The maximum Gasteiger partial charge on any atom is 0.227 e. The van der Waals surface area contributed by atoms with Crippen molar-refractivity contribution in [1.29, 1.82) is 0 Å². The van der Waals surface area contributed by atoms with Crippen LogP contribution in [0.5, 0.6) is 23.0 Å². The molecule has 194 valence electrons. The third-order valence-corrected chi connectivity index (χ3v) is 7.51. The fourth-order valence-corrected chi connectivity index (χ4v) is 5.49. The molecule has 3 heterocycles. The van der Waals surface area contributed by atoms with Crippen molar-refractivity contribution in [3.63, 3.8) is 0 Å². The van der Waals surface area contributed by atoms with E-state index in [0.717, 1.165) is 33.7 Å². The van der Waals surface area contributed by atoms with E-state index in [2.05, 4.69) is 5.32 Å². The summed E-state index contributed by atoms with van der Waals surface area (Å²) in [6, 6.07) is 19.1. The molecule has 0 unspecified atom stereocenters. The lowest BCUT2D eigenvalue weighted by molar-refractivity contribution is 0.222. The van der Waals surface area contributed by atoms with Gasteiger partial charge in [-0.25, -0.2) is 4.68 Å². The van der Waals surface area contributed by atoms with E-state index >= 15 is 0 Å². The van der Waals surface area contributed by atoms with Crippen molar-refractivity contribution in [2.45, 2.75) is 17.3 Å². The molecule has 38 heavy (non-hydrogen) atoms. The first kappa shape index (κ1) is 24.5. The van der Waals surface area contributed by atoms with E-state index in [-0.39, 0.29) is 6.04 Å². The van der Waals surface area contributed by atoms with Crippen LogP contribution in [0.2, 0.25) is 5.02 Å². The quantitative estimate of drug-likeness (QED) is 0.284. The molecule has 8 nitrogen and oxygen atoms in total. The van der Waals surface area contributed by atoms with Crippen LogP contribution in [0.3, 0.4) is 0 Å². The molecule has 0 bridgehead atoms. The molecule has 1 N–H and O–H groups in total. The summed E-state index contributed by atoms with van der Waals surface area (Å²) in [5, 5.41) is 9.67. The first-order chi connectivity index (χ1) is 18.5. The van der Waals surface area contributed by atoms with Crippen LogP contribution in [0.1, 0.15) is 28.8 Å². The molecule has 0 fully saturated rings. The number of hydrogen-bond donors (Lipinski definition) is 1. The van der Waals surface area contributed by atoms with Crippen molar-refractivity contribution < 1.29 is 18.9 Å². The van der Waals surface area contributed by atoms with Crippen molar-refractivity contribution in [3.05, 3.63) is 87.9 Å². The summed E-state index contributed by atoms with van der Waals surface area (Å²) in [5.41, 5.74) is 4.65. The summed E-state index contributed by atoms with van der Waals surface area (Å²) in [6.07, 6.45) is 1.50. The van der Waals surface area contributed by atoms with Crippen molar-refractivity contribution in [3.8, 4) is 23.0 Å². The lowest BCUT2D eigenvalue weighted by Crippen LogP contribution is -2.32. The van der Waals surface area contributed by atoms with Gasteiger partial charge < -0.3 is 24.3 Å². The van der Waals surface area contributed by atoms with Crippen molar-refractivity contribution >= 4 is 35.0 Å². The lowest BCUT2D eigenvalue weighted by Gasteiger charge is -2.39. The number of ether oxygens (including phenoxy) is 4. The van der Waals surface area contributed by atoms with Gasteiger partial charge in [-0.15, -0.1) is 5.10 Å². The van der Waals surface area contributed by atoms with Gasteiger partial charge in [0.05, 0.1) is 27.0 Å². The molecule has 2 aliphatic heterocycles. The molecule has 2 aliphatic rings. The average Bonchev–Trinajstić information content (AvgIpc) is 3.38. The number of rotatable bonds is 6. The van der Waals surface area contributed by atoms with E-state index in [4.69, 9.17) is 40.6 Å². The predicted molar refractivity (Wildman–Crippen MR) is 148 cm³/mol. The number of nitrogens with one attached hydrogen (secondary N) is 1. The Morgan fingerprint density at radius 2 is 1.68 bits per heavy atom. The Balaban J connectivity index is 1.61. The lowest BCUT2D eigenvalue weighted by atomic mass is 9.84. The Hall–Kier alpha value is -3.82. The number of nitrogens with zero attached hydrogens (tertiary/aromatic N) is 3. The van der Waals surface area contributed by atoms with E-state index in [9.17, 15) is 0 Å². The largest absolute Gasteiger partial charge is 0.497 e.